The summed E-state index contributed by atoms with van der Waals surface area (Å²) in [5, 5.41) is 24.5. The number of nitrogens with zero attached hydrogens (tertiary/aromatic N) is 5. The smallest absolute Gasteiger partial charge is 0.225 e. The topological polar surface area (TPSA) is 106 Å². The van der Waals surface area contributed by atoms with Gasteiger partial charge in [0.25, 0.3) is 0 Å². The number of aromatic nitrogens is 4. The van der Waals surface area contributed by atoms with E-state index < -0.39 is 0 Å². The molecule has 2 aliphatic heterocycles. The lowest BCUT2D eigenvalue weighted by Crippen LogP contribution is -2.47. The Balaban J connectivity index is 1.40. The predicted octanol–water partition coefficient (Wildman–Crippen LogP) is 4.38. The number of H-pyrrole nitrogens is 1. The van der Waals surface area contributed by atoms with Gasteiger partial charge < -0.3 is 10.6 Å². The molecular formula is C22H25ClN8. The Bertz CT molecular complexity index is 1120. The van der Waals surface area contributed by atoms with Gasteiger partial charge in [0, 0.05) is 48.2 Å². The molecule has 160 valence electrons. The standard InChI is InChI=1S/C22H25ClN8/c1-13-10-19(30-29-13)26-21-17-4-2-5-18(23)20(17)27-22(28-21)25-14-11-15-6-7-16(12-14)31(15)9-3-8-24/h2,4-5,10,14-16H,3,6-7,9,11-12H2,1H3,(H3,25,26,27,28,29,30)/t14?,15-,16+. The van der Waals surface area contributed by atoms with E-state index in [1.165, 1.54) is 12.8 Å². The Morgan fingerprint density at radius 3 is 2.77 bits per heavy atom. The maximum atomic E-state index is 8.95. The van der Waals surface area contributed by atoms with E-state index in [0.29, 0.717) is 52.7 Å². The zero-order chi connectivity index (χ0) is 21.4. The highest BCUT2D eigenvalue weighted by atomic mass is 35.5. The molecule has 0 aliphatic carbocycles. The number of hydrogen-bond donors (Lipinski definition) is 3. The highest BCUT2D eigenvalue weighted by molar-refractivity contribution is 6.35. The molecule has 2 bridgehead atoms. The molecule has 2 fully saturated rings. The number of fused-ring (bicyclic) bond motifs is 3. The van der Waals surface area contributed by atoms with E-state index >= 15 is 0 Å². The Kier molecular flexibility index (Phi) is 5.38. The van der Waals surface area contributed by atoms with Gasteiger partial charge in [-0.2, -0.15) is 15.3 Å². The first-order valence-electron chi connectivity index (χ1n) is 10.7. The van der Waals surface area contributed by atoms with Crippen LogP contribution in [0.5, 0.6) is 0 Å². The molecule has 5 rings (SSSR count). The zero-order valence-electron chi connectivity index (χ0n) is 17.4. The van der Waals surface area contributed by atoms with E-state index in [9.17, 15) is 0 Å². The first-order chi connectivity index (χ1) is 15.1. The minimum absolute atomic E-state index is 0.302. The molecule has 1 aromatic carbocycles. The van der Waals surface area contributed by atoms with Gasteiger partial charge in [0.2, 0.25) is 5.95 Å². The minimum atomic E-state index is 0.302. The first-order valence-corrected chi connectivity index (χ1v) is 11.1. The van der Waals surface area contributed by atoms with Crippen LogP contribution in [-0.4, -0.2) is 49.7 Å². The number of nitriles is 1. The van der Waals surface area contributed by atoms with E-state index in [0.717, 1.165) is 30.5 Å². The van der Waals surface area contributed by atoms with Crippen molar-refractivity contribution in [3.05, 3.63) is 35.0 Å². The second-order valence-corrected chi connectivity index (χ2v) is 8.84. The fraction of sp³-hybridized carbons (Fsp3) is 0.455. The molecule has 4 heterocycles. The largest absolute Gasteiger partial charge is 0.351 e. The molecule has 3 aromatic rings. The fourth-order valence-electron chi connectivity index (χ4n) is 5.00. The molecule has 3 N–H and O–H groups in total. The number of aromatic amines is 1. The molecule has 0 spiro atoms. The van der Waals surface area contributed by atoms with Gasteiger partial charge >= 0.3 is 0 Å². The van der Waals surface area contributed by atoms with Gasteiger partial charge in [-0.1, -0.05) is 17.7 Å². The average Bonchev–Trinajstić information content (AvgIpc) is 3.26. The highest BCUT2D eigenvalue weighted by Gasteiger charge is 2.40. The van der Waals surface area contributed by atoms with Crippen molar-refractivity contribution in [1.29, 1.82) is 5.26 Å². The summed E-state index contributed by atoms with van der Waals surface area (Å²) in [5.41, 5.74) is 1.68. The van der Waals surface area contributed by atoms with Crippen LogP contribution in [0.15, 0.2) is 24.3 Å². The molecular weight excluding hydrogens is 412 g/mol. The van der Waals surface area contributed by atoms with Crippen LogP contribution in [0.2, 0.25) is 5.02 Å². The number of rotatable bonds is 6. The SMILES string of the molecule is Cc1cc(Nc2nc(NC3C[C@H]4CC[C@@H](C3)N4CCC#N)nc3c(Cl)cccc23)n[nH]1. The molecule has 0 amide bonds. The summed E-state index contributed by atoms with van der Waals surface area (Å²) in [5.74, 6) is 1.95. The van der Waals surface area contributed by atoms with Crippen LogP contribution in [0, 0.1) is 18.3 Å². The Hall–Kier alpha value is -2.89. The maximum absolute atomic E-state index is 8.95. The predicted molar refractivity (Wildman–Crippen MR) is 122 cm³/mol. The molecule has 2 saturated heterocycles. The molecule has 9 heteroatoms. The molecule has 1 unspecified atom stereocenters. The van der Waals surface area contributed by atoms with E-state index in [2.05, 4.69) is 31.8 Å². The molecule has 2 aliphatic rings. The van der Waals surface area contributed by atoms with Crippen LogP contribution < -0.4 is 10.6 Å². The van der Waals surface area contributed by atoms with Gasteiger partial charge in [-0.15, -0.1) is 0 Å². The third-order valence-electron chi connectivity index (χ3n) is 6.33. The van der Waals surface area contributed by atoms with Gasteiger partial charge in [0.1, 0.15) is 5.82 Å². The Morgan fingerprint density at radius 2 is 2.06 bits per heavy atom. The van der Waals surface area contributed by atoms with Crippen LogP contribution in [0.25, 0.3) is 10.9 Å². The molecule has 0 saturated carbocycles. The van der Waals surface area contributed by atoms with Crippen molar-refractivity contribution in [1.82, 2.24) is 25.1 Å². The monoisotopic (exact) mass is 436 g/mol. The second-order valence-electron chi connectivity index (χ2n) is 8.44. The lowest BCUT2D eigenvalue weighted by atomic mass is 9.97. The van der Waals surface area contributed by atoms with Crippen LogP contribution in [0.4, 0.5) is 17.6 Å². The first kappa shape index (κ1) is 20.0. The van der Waals surface area contributed by atoms with Crippen LogP contribution in [0.3, 0.4) is 0 Å². The van der Waals surface area contributed by atoms with E-state index in [-0.39, 0.29) is 0 Å². The highest BCUT2D eigenvalue weighted by Crippen LogP contribution is 2.37. The summed E-state index contributed by atoms with van der Waals surface area (Å²) in [4.78, 5) is 12.0. The molecule has 31 heavy (non-hydrogen) atoms. The molecule has 2 aromatic heterocycles. The summed E-state index contributed by atoms with van der Waals surface area (Å²) >= 11 is 6.47. The number of halogens is 1. The van der Waals surface area contributed by atoms with Crippen LogP contribution in [0.1, 0.15) is 37.8 Å². The lowest BCUT2D eigenvalue weighted by molar-refractivity contribution is 0.135. The van der Waals surface area contributed by atoms with E-state index in [1.54, 1.807) is 0 Å². The summed E-state index contributed by atoms with van der Waals surface area (Å²) < 4.78 is 0. The molecule has 8 nitrogen and oxygen atoms in total. The number of piperidine rings is 1. The van der Waals surface area contributed by atoms with Crippen molar-refractivity contribution >= 4 is 40.1 Å². The summed E-state index contributed by atoms with van der Waals surface area (Å²) in [6.45, 7) is 2.83. The van der Waals surface area contributed by atoms with Gasteiger partial charge in [-0.3, -0.25) is 10.00 Å². The minimum Gasteiger partial charge on any atom is -0.351 e. The summed E-state index contributed by atoms with van der Waals surface area (Å²) in [6.07, 6.45) is 5.06. The van der Waals surface area contributed by atoms with Crippen LogP contribution >= 0.6 is 11.6 Å². The molecule has 3 atom stereocenters. The third kappa shape index (κ3) is 4.03. The average molecular weight is 437 g/mol. The fourth-order valence-corrected chi connectivity index (χ4v) is 5.22. The summed E-state index contributed by atoms with van der Waals surface area (Å²) in [6, 6.07) is 11.3. The number of anilines is 3. The number of hydrogen-bond acceptors (Lipinski definition) is 7. The van der Waals surface area contributed by atoms with E-state index in [4.69, 9.17) is 26.8 Å². The van der Waals surface area contributed by atoms with Crippen molar-refractivity contribution in [2.24, 2.45) is 0 Å². The number of para-hydroxylation sites is 1. The van der Waals surface area contributed by atoms with Crippen molar-refractivity contribution in [2.75, 3.05) is 17.2 Å². The summed E-state index contributed by atoms with van der Waals surface area (Å²) in [7, 11) is 0. The van der Waals surface area contributed by atoms with Gasteiger partial charge in [0.15, 0.2) is 5.82 Å². The Morgan fingerprint density at radius 1 is 1.26 bits per heavy atom. The quantitative estimate of drug-likeness (QED) is 0.526. The van der Waals surface area contributed by atoms with Crippen molar-refractivity contribution in [3.63, 3.8) is 0 Å². The Labute approximate surface area is 186 Å². The molecule has 0 radical (unpaired) electrons. The van der Waals surface area contributed by atoms with Crippen molar-refractivity contribution in [2.45, 2.75) is 57.2 Å². The number of aryl methyl sites for hydroxylation is 1. The normalized spacial score (nSPS) is 23.1. The van der Waals surface area contributed by atoms with Crippen molar-refractivity contribution < 1.29 is 0 Å². The third-order valence-corrected chi connectivity index (χ3v) is 6.63. The number of nitrogens with one attached hydrogen (secondary N) is 3. The van der Waals surface area contributed by atoms with Crippen LogP contribution in [-0.2, 0) is 0 Å². The van der Waals surface area contributed by atoms with Crippen molar-refractivity contribution in [3.8, 4) is 6.07 Å². The second kappa shape index (κ2) is 8.33. The lowest BCUT2D eigenvalue weighted by Gasteiger charge is -2.38. The van der Waals surface area contributed by atoms with Gasteiger partial charge in [0.05, 0.1) is 16.6 Å². The van der Waals surface area contributed by atoms with E-state index in [1.807, 2.05) is 31.2 Å². The van der Waals surface area contributed by atoms with Gasteiger partial charge in [-0.05, 0) is 44.7 Å². The number of benzene rings is 1. The maximum Gasteiger partial charge on any atom is 0.225 e. The van der Waals surface area contributed by atoms with Gasteiger partial charge in [-0.25, -0.2) is 4.98 Å². The zero-order valence-corrected chi connectivity index (χ0v) is 18.2.